The highest BCUT2D eigenvalue weighted by atomic mass is 32.1. The van der Waals surface area contributed by atoms with Crippen LogP contribution in [0.4, 0.5) is 0 Å². The molecule has 0 saturated carbocycles. The number of ether oxygens (including phenoxy) is 1. The fraction of sp³-hybridized carbons (Fsp3) is 0.467. The second-order valence-corrected chi connectivity index (χ2v) is 6.24. The van der Waals surface area contributed by atoms with Crippen molar-refractivity contribution in [3.05, 3.63) is 28.1 Å². The van der Waals surface area contributed by atoms with Crippen molar-refractivity contribution in [2.75, 3.05) is 7.11 Å². The van der Waals surface area contributed by atoms with Crippen molar-refractivity contribution in [3.63, 3.8) is 0 Å². The van der Waals surface area contributed by atoms with Gasteiger partial charge >= 0.3 is 11.7 Å². The van der Waals surface area contributed by atoms with Crippen molar-refractivity contribution in [1.82, 2.24) is 15.0 Å². The predicted molar refractivity (Wildman–Crippen MR) is 87.5 cm³/mol. The molecule has 2 rings (SSSR count). The van der Waals surface area contributed by atoms with Crippen LogP contribution in [0.25, 0.3) is 10.7 Å². The molecule has 0 fully saturated rings. The molecule has 2 heterocycles. The number of hydrogen-bond donors (Lipinski definition) is 1. The normalized spacial score (nSPS) is 13.3. The molecule has 2 atom stereocenters. The number of esters is 1. The summed E-state index contributed by atoms with van der Waals surface area (Å²) in [5, 5.41) is 8.15. The minimum absolute atomic E-state index is 0.0997. The van der Waals surface area contributed by atoms with Crippen LogP contribution in [0.1, 0.15) is 20.3 Å². The van der Waals surface area contributed by atoms with Gasteiger partial charge in [0.1, 0.15) is 12.6 Å². The zero-order valence-corrected chi connectivity index (χ0v) is 14.5. The molecule has 24 heavy (non-hydrogen) atoms. The first-order valence-corrected chi connectivity index (χ1v) is 8.33. The molecule has 0 bridgehead atoms. The Hall–Kier alpha value is -2.42. The van der Waals surface area contributed by atoms with Gasteiger partial charge in [0, 0.05) is 0 Å². The van der Waals surface area contributed by atoms with Crippen molar-refractivity contribution < 1.29 is 18.8 Å². The number of thiophene rings is 1. The van der Waals surface area contributed by atoms with Crippen molar-refractivity contribution >= 4 is 23.2 Å². The monoisotopic (exact) mass is 353 g/mol. The molecule has 2 aromatic rings. The third kappa shape index (κ3) is 3.91. The first-order chi connectivity index (χ1) is 11.5. The summed E-state index contributed by atoms with van der Waals surface area (Å²) in [6.45, 7) is 3.45. The maximum Gasteiger partial charge on any atom is 0.442 e. The van der Waals surface area contributed by atoms with Gasteiger partial charge in [0.25, 0.3) is 0 Å². The molecule has 9 heteroatoms. The molecule has 2 aromatic heterocycles. The third-order valence-corrected chi connectivity index (χ3v) is 4.58. The molecule has 0 saturated heterocycles. The van der Waals surface area contributed by atoms with E-state index < -0.39 is 23.7 Å². The van der Waals surface area contributed by atoms with Gasteiger partial charge in [-0.15, -0.1) is 11.3 Å². The number of amides is 1. The zero-order valence-electron chi connectivity index (χ0n) is 13.6. The zero-order chi connectivity index (χ0) is 17.7. The Morgan fingerprint density at radius 3 is 2.83 bits per heavy atom. The topological polar surface area (TPSA) is 103 Å². The van der Waals surface area contributed by atoms with E-state index in [0.29, 0.717) is 11.3 Å². The van der Waals surface area contributed by atoms with Gasteiger partial charge in [-0.1, -0.05) is 31.5 Å². The SMILES string of the molecule is CC[C@H](C)[C@H](NC(=O)Cn1c(-c2cccs2)noc1=O)C(=O)OC. The molecule has 0 aliphatic rings. The van der Waals surface area contributed by atoms with Gasteiger partial charge in [-0.3, -0.25) is 9.32 Å². The molecule has 0 spiro atoms. The van der Waals surface area contributed by atoms with Gasteiger partial charge in [0.05, 0.1) is 12.0 Å². The summed E-state index contributed by atoms with van der Waals surface area (Å²) in [5.41, 5.74) is 0. The Balaban J connectivity index is 2.16. The van der Waals surface area contributed by atoms with Crippen LogP contribution in [0.3, 0.4) is 0 Å². The van der Waals surface area contributed by atoms with Crippen LogP contribution in [-0.4, -0.2) is 34.8 Å². The minimum Gasteiger partial charge on any atom is -0.467 e. The number of nitrogens with one attached hydrogen (secondary N) is 1. The van der Waals surface area contributed by atoms with Gasteiger partial charge in [0.2, 0.25) is 5.91 Å². The van der Waals surface area contributed by atoms with Crippen LogP contribution in [-0.2, 0) is 20.9 Å². The lowest BCUT2D eigenvalue weighted by Gasteiger charge is -2.21. The highest BCUT2D eigenvalue weighted by Gasteiger charge is 2.27. The number of hydrogen-bond acceptors (Lipinski definition) is 7. The molecule has 0 aliphatic heterocycles. The lowest BCUT2D eigenvalue weighted by molar-refractivity contribution is -0.146. The van der Waals surface area contributed by atoms with Crippen LogP contribution >= 0.6 is 11.3 Å². The van der Waals surface area contributed by atoms with Gasteiger partial charge in [-0.2, -0.15) is 0 Å². The number of nitrogens with zero attached hydrogens (tertiary/aromatic N) is 2. The quantitative estimate of drug-likeness (QED) is 0.752. The van der Waals surface area contributed by atoms with E-state index in [0.717, 1.165) is 4.57 Å². The standard InChI is InChI=1S/C15H19N3O5S/c1-4-9(2)12(14(20)22-3)16-11(19)8-18-13(17-23-15(18)21)10-6-5-7-24-10/h5-7,9,12H,4,8H2,1-3H3,(H,16,19)/t9-,12-/m0/s1. The highest BCUT2D eigenvalue weighted by Crippen LogP contribution is 2.21. The van der Waals surface area contributed by atoms with Crippen molar-refractivity contribution in [1.29, 1.82) is 0 Å². The number of rotatable bonds is 7. The summed E-state index contributed by atoms with van der Waals surface area (Å²) in [6, 6.07) is 2.81. The summed E-state index contributed by atoms with van der Waals surface area (Å²) in [4.78, 5) is 36.6. The number of methoxy groups -OCH3 is 1. The van der Waals surface area contributed by atoms with E-state index >= 15 is 0 Å². The molecular formula is C15H19N3O5S. The van der Waals surface area contributed by atoms with Gasteiger partial charge in [0.15, 0.2) is 5.82 Å². The average Bonchev–Trinajstić information content (AvgIpc) is 3.22. The summed E-state index contributed by atoms with van der Waals surface area (Å²) in [6.07, 6.45) is 0.688. The Labute approximate surface area is 142 Å². The smallest absolute Gasteiger partial charge is 0.442 e. The molecule has 1 amide bonds. The van der Waals surface area contributed by atoms with Crippen LogP contribution in [0.2, 0.25) is 0 Å². The van der Waals surface area contributed by atoms with Crippen LogP contribution in [0.5, 0.6) is 0 Å². The fourth-order valence-corrected chi connectivity index (χ4v) is 2.86. The van der Waals surface area contributed by atoms with Crippen molar-refractivity contribution in [2.24, 2.45) is 5.92 Å². The number of carbonyl (C=O) groups excluding carboxylic acids is 2. The number of carbonyl (C=O) groups is 2. The Kier molecular flexibility index (Phi) is 5.91. The molecule has 130 valence electrons. The first kappa shape index (κ1) is 17.9. The van der Waals surface area contributed by atoms with E-state index in [-0.39, 0.29) is 18.3 Å². The fourth-order valence-electron chi connectivity index (χ4n) is 2.15. The molecule has 1 N–H and O–H groups in total. The number of aromatic nitrogens is 2. The van der Waals surface area contributed by atoms with Gasteiger partial charge < -0.3 is 10.1 Å². The highest BCUT2D eigenvalue weighted by molar-refractivity contribution is 7.13. The molecule has 0 aromatic carbocycles. The van der Waals surface area contributed by atoms with E-state index in [1.807, 2.05) is 19.2 Å². The molecule has 0 aliphatic carbocycles. The minimum atomic E-state index is -0.770. The van der Waals surface area contributed by atoms with E-state index in [2.05, 4.69) is 15.0 Å². The van der Waals surface area contributed by atoms with Crippen molar-refractivity contribution in [2.45, 2.75) is 32.9 Å². The molecule has 0 unspecified atom stereocenters. The average molecular weight is 353 g/mol. The maximum atomic E-state index is 12.3. The van der Waals surface area contributed by atoms with Gasteiger partial charge in [-0.05, 0) is 17.4 Å². The Morgan fingerprint density at radius 1 is 1.50 bits per heavy atom. The molecule has 0 radical (unpaired) electrons. The second kappa shape index (κ2) is 7.91. The summed E-state index contributed by atoms with van der Waals surface area (Å²) < 4.78 is 10.5. The van der Waals surface area contributed by atoms with E-state index in [4.69, 9.17) is 4.74 Å². The van der Waals surface area contributed by atoms with E-state index in [9.17, 15) is 14.4 Å². The van der Waals surface area contributed by atoms with Crippen LogP contribution in [0.15, 0.2) is 26.8 Å². The van der Waals surface area contributed by atoms with E-state index in [1.54, 1.807) is 12.1 Å². The third-order valence-electron chi connectivity index (χ3n) is 3.71. The van der Waals surface area contributed by atoms with Gasteiger partial charge in [-0.25, -0.2) is 14.2 Å². The first-order valence-electron chi connectivity index (χ1n) is 7.45. The molecule has 8 nitrogen and oxygen atoms in total. The summed E-state index contributed by atoms with van der Waals surface area (Å²) in [7, 11) is 1.27. The summed E-state index contributed by atoms with van der Waals surface area (Å²) >= 11 is 1.37. The maximum absolute atomic E-state index is 12.3. The van der Waals surface area contributed by atoms with E-state index in [1.165, 1.54) is 18.4 Å². The van der Waals surface area contributed by atoms with Crippen LogP contribution in [0, 0.1) is 5.92 Å². The van der Waals surface area contributed by atoms with Crippen LogP contribution < -0.4 is 11.1 Å². The lowest BCUT2D eigenvalue weighted by atomic mass is 9.99. The lowest BCUT2D eigenvalue weighted by Crippen LogP contribution is -2.47. The van der Waals surface area contributed by atoms with Crippen molar-refractivity contribution in [3.8, 4) is 10.7 Å². The Morgan fingerprint density at radius 2 is 2.25 bits per heavy atom. The second-order valence-electron chi connectivity index (χ2n) is 5.29. The Bertz CT molecular complexity index is 750. The largest absolute Gasteiger partial charge is 0.467 e. The predicted octanol–water partition coefficient (Wildman–Crippen LogP) is 1.27. The summed E-state index contributed by atoms with van der Waals surface area (Å²) in [5.74, 6) is -1.56. The molecular weight excluding hydrogens is 334 g/mol.